The first kappa shape index (κ1) is 11.3. The van der Waals surface area contributed by atoms with Crippen LogP contribution in [0.5, 0.6) is 0 Å². The molecule has 1 saturated heterocycles. The van der Waals surface area contributed by atoms with Gasteiger partial charge in [-0.1, -0.05) is 13.8 Å². The zero-order valence-electron chi connectivity index (χ0n) is 10.5. The van der Waals surface area contributed by atoms with Crippen LogP contribution < -0.4 is 10.6 Å². The van der Waals surface area contributed by atoms with Gasteiger partial charge >= 0.3 is 0 Å². The van der Waals surface area contributed by atoms with Gasteiger partial charge in [0.2, 0.25) is 0 Å². The number of nitrogen functional groups attached to an aromatic ring is 1. The first-order valence-electron chi connectivity index (χ1n) is 6.18. The van der Waals surface area contributed by atoms with Gasteiger partial charge in [0.05, 0.1) is 11.4 Å². The van der Waals surface area contributed by atoms with E-state index in [0.29, 0.717) is 5.92 Å². The number of hydrogen-bond acceptors (Lipinski definition) is 3. The highest BCUT2D eigenvalue weighted by molar-refractivity contribution is 5.67. The van der Waals surface area contributed by atoms with Gasteiger partial charge in [-0.25, -0.2) is 0 Å². The molecular weight excluding hydrogens is 200 g/mol. The summed E-state index contributed by atoms with van der Waals surface area (Å²) in [5.74, 6) is 1.51. The Bertz CT molecular complexity index is 361. The molecule has 0 saturated carbocycles. The maximum absolute atomic E-state index is 6.21. The largest absolute Gasteiger partial charge is 0.394 e. The molecule has 90 valence electrons. The Morgan fingerprint density at radius 2 is 1.81 bits per heavy atom. The molecule has 4 nitrogen and oxygen atoms in total. The topological polar surface area (TPSA) is 47.1 Å². The Morgan fingerprint density at radius 3 is 2.31 bits per heavy atom. The van der Waals surface area contributed by atoms with E-state index in [4.69, 9.17) is 5.73 Å². The van der Waals surface area contributed by atoms with Gasteiger partial charge < -0.3 is 10.6 Å². The van der Waals surface area contributed by atoms with E-state index in [1.54, 1.807) is 0 Å². The monoisotopic (exact) mass is 222 g/mol. The smallest absolute Gasteiger partial charge is 0.150 e. The number of nitrogens with zero attached hydrogens (tertiary/aromatic N) is 3. The molecule has 0 aliphatic carbocycles. The molecule has 2 heterocycles. The number of anilines is 2. The molecule has 4 heteroatoms. The van der Waals surface area contributed by atoms with Gasteiger partial charge in [0.25, 0.3) is 0 Å². The molecule has 0 radical (unpaired) electrons. The van der Waals surface area contributed by atoms with Crippen LogP contribution >= 0.6 is 0 Å². The van der Waals surface area contributed by atoms with Crippen LogP contribution in [0, 0.1) is 0 Å². The summed E-state index contributed by atoms with van der Waals surface area (Å²) in [5.41, 5.74) is 8.12. The highest BCUT2D eigenvalue weighted by Gasteiger charge is 2.21. The van der Waals surface area contributed by atoms with E-state index in [2.05, 4.69) is 23.8 Å². The van der Waals surface area contributed by atoms with Crippen molar-refractivity contribution in [2.45, 2.75) is 39.0 Å². The maximum Gasteiger partial charge on any atom is 0.150 e. The summed E-state index contributed by atoms with van der Waals surface area (Å²) in [5, 5.41) is 4.53. The minimum atomic E-state index is 0.393. The Labute approximate surface area is 97.4 Å². The Morgan fingerprint density at radius 1 is 1.19 bits per heavy atom. The summed E-state index contributed by atoms with van der Waals surface area (Å²) < 4.78 is 1.94. The van der Waals surface area contributed by atoms with E-state index in [1.807, 2.05) is 11.7 Å². The fourth-order valence-electron chi connectivity index (χ4n) is 2.46. The second-order valence-corrected chi connectivity index (χ2v) is 4.95. The lowest BCUT2D eigenvalue weighted by molar-refractivity contribution is 0.561. The van der Waals surface area contributed by atoms with Gasteiger partial charge in [-0.15, -0.1) is 0 Å². The number of aromatic nitrogens is 2. The summed E-state index contributed by atoms with van der Waals surface area (Å²) in [6.45, 7) is 6.50. The molecule has 0 bridgehead atoms. The third kappa shape index (κ3) is 1.88. The first-order chi connectivity index (χ1) is 7.61. The van der Waals surface area contributed by atoms with E-state index in [0.717, 1.165) is 30.3 Å². The first-order valence-corrected chi connectivity index (χ1v) is 6.18. The third-order valence-electron chi connectivity index (χ3n) is 3.28. The number of hydrogen-bond donors (Lipinski definition) is 1. The summed E-state index contributed by atoms with van der Waals surface area (Å²) in [6.07, 6.45) is 3.87. The zero-order chi connectivity index (χ0) is 11.7. The van der Waals surface area contributed by atoms with Crippen LogP contribution in [0.3, 0.4) is 0 Å². The molecule has 0 aromatic carbocycles. The Balaban J connectivity index is 2.32. The number of piperidine rings is 1. The van der Waals surface area contributed by atoms with Gasteiger partial charge in [0.1, 0.15) is 5.82 Å². The molecule has 1 aromatic rings. The molecule has 1 fully saturated rings. The fourth-order valence-corrected chi connectivity index (χ4v) is 2.46. The van der Waals surface area contributed by atoms with Crippen LogP contribution in [-0.2, 0) is 7.05 Å². The third-order valence-corrected chi connectivity index (χ3v) is 3.28. The van der Waals surface area contributed by atoms with Gasteiger partial charge in [-0.2, -0.15) is 5.10 Å². The standard InChI is InChI=1S/C12H22N4/c1-9(2)11-10(13)12(15(3)14-11)16-7-5-4-6-8-16/h9H,4-8,13H2,1-3H3. The molecule has 16 heavy (non-hydrogen) atoms. The van der Waals surface area contributed by atoms with Crippen LogP contribution in [0.15, 0.2) is 0 Å². The highest BCUT2D eigenvalue weighted by atomic mass is 15.4. The average molecular weight is 222 g/mol. The van der Waals surface area contributed by atoms with Crippen molar-refractivity contribution in [1.82, 2.24) is 9.78 Å². The second-order valence-electron chi connectivity index (χ2n) is 4.95. The van der Waals surface area contributed by atoms with E-state index in [-0.39, 0.29) is 0 Å². The fraction of sp³-hybridized carbons (Fsp3) is 0.750. The quantitative estimate of drug-likeness (QED) is 0.833. The van der Waals surface area contributed by atoms with Crippen molar-refractivity contribution in [1.29, 1.82) is 0 Å². The molecule has 0 amide bonds. The summed E-state index contributed by atoms with van der Waals surface area (Å²) in [6, 6.07) is 0. The van der Waals surface area contributed by atoms with Gasteiger partial charge in [-0.3, -0.25) is 4.68 Å². The predicted octanol–water partition coefficient (Wildman–Crippen LogP) is 2.12. The SMILES string of the molecule is CC(C)c1nn(C)c(N2CCCCC2)c1N. The number of aryl methyl sites for hydroxylation is 1. The maximum atomic E-state index is 6.21. The summed E-state index contributed by atoms with van der Waals surface area (Å²) in [7, 11) is 1.99. The summed E-state index contributed by atoms with van der Waals surface area (Å²) in [4.78, 5) is 2.37. The minimum Gasteiger partial charge on any atom is -0.394 e. The normalized spacial score (nSPS) is 17.1. The Kier molecular flexibility index (Phi) is 3.08. The van der Waals surface area contributed by atoms with Crippen molar-refractivity contribution in [3.05, 3.63) is 5.69 Å². The van der Waals surface area contributed by atoms with E-state index < -0.39 is 0 Å². The van der Waals surface area contributed by atoms with Crippen LogP contribution in [0.2, 0.25) is 0 Å². The van der Waals surface area contributed by atoms with Gasteiger partial charge in [-0.05, 0) is 25.2 Å². The van der Waals surface area contributed by atoms with Crippen LogP contribution in [-0.4, -0.2) is 22.9 Å². The minimum absolute atomic E-state index is 0.393. The van der Waals surface area contributed by atoms with Crippen molar-refractivity contribution in [3.63, 3.8) is 0 Å². The number of nitrogens with two attached hydrogens (primary N) is 1. The molecular formula is C12H22N4. The van der Waals surface area contributed by atoms with E-state index >= 15 is 0 Å². The van der Waals surface area contributed by atoms with Crippen molar-refractivity contribution < 1.29 is 0 Å². The van der Waals surface area contributed by atoms with Crippen LogP contribution in [0.4, 0.5) is 11.5 Å². The molecule has 0 atom stereocenters. The molecule has 0 spiro atoms. The van der Waals surface area contributed by atoms with Crippen LogP contribution in [0.1, 0.15) is 44.7 Å². The van der Waals surface area contributed by atoms with Crippen molar-refractivity contribution in [3.8, 4) is 0 Å². The summed E-state index contributed by atoms with van der Waals surface area (Å²) >= 11 is 0. The van der Waals surface area contributed by atoms with E-state index in [1.165, 1.54) is 19.3 Å². The van der Waals surface area contributed by atoms with Crippen molar-refractivity contribution >= 4 is 11.5 Å². The second kappa shape index (κ2) is 4.36. The Hall–Kier alpha value is -1.19. The molecule has 1 aromatic heterocycles. The molecule has 0 unspecified atom stereocenters. The molecule has 1 aliphatic heterocycles. The predicted molar refractivity (Wildman–Crippen MR) is 67.8 cm³/mol. The van der Waals surface area contributed by atoms with Gasteiger partial charge in [0.15, 0.2) is 0 Å². The average Bonchev–Trinajstić information content (AvgIpc) is 2.56. The lowest BCUT2D eigenvalue weighted by Gasteiger charge is -2.28. The lowest BCUT2D eigenvalue weighted by atomic mass is 10.1. The number of rotatable bonds is 2. The molecule has 2 rings (SSSR count). The molecule has 1 aliphatic rings. The van der Waals surface area contributed by atoms with Crippen molar-refractivity contribution in [2.24, 2.45) is 7.05 Å². The van der Waals surface area contributed by atoms with Gasteiger partial charge in [0, 0.05) is 20.1 Å². The zero-order valence-corrected chi connectivity index (χ0v) is 10.5. The van der Waals surface area contributed by atoms with Crippen LogP contribution in [0.25, 0.3) is 0 Å². The highest BCUT2D eigenvalue weighted by Crippen LogP contribution is 2.31. The lowest BCUT2D eigenvalue weighted by Crippen LogP contribution is -2.31. The molecule has 2 N–H and O–H groups in total. The van der Waals surface area contributed by atoms with E-state index in [9.17, 15) is 0 Å². The van der Waals surface area contributed by atoms with Crippen molar-refractivity contribution in [2.75, 3.05) is 23.7 Å².